The zero-order chi connectivity index (χ0) is 14.7. The molecule has 1 aliphatic carbocycles. The molecular formula is C14H22O5. The number of carbonyl (C=O) groups is 2. The van der Waals surface area contributed by atoms with Gasteiger partial charge in [-0.25, -0.2) is 0 Å². The van der Waals surface area contributed by atoms with Gasteiger partial charge in [-0.2, -0.15) is 0 Å². The number of aliphatic hydroxyl groups excluding tert-OH is 1. The molecule has 1 fully saturated rings. The van der Waals surface area contributed by atoms with Crippen molar-refractivity contribution in [3.8, 4) is 0 Å². The normalized spacial score (nSPS) is 25.2. The second-order valence-electron chi connectivity index (χ2n) is 5.20. The predicted octanol–water partition coefficient (Wildman–Crippen LogP) is 1.45. The standard InChI is InChI=1S/C14H22O5/c1-5-18-11(16)14(12(17)19-6-2)7-10(3)13(4,8-14)9-15/h15H,3,5-9H2,1-2,4H3. The summed E-state index contributed by atoms with van der Waals surface area (Å²) in [5, 5.41) is 9.49. The molecule has 1 unspecified atom stereocenters. The summed E-state index contributed by atoms with van der Waals surface area (Å²) >= 11 is 0. The molecule has 108 valence electrons. The Labute approximate surface area is 113 Å². The maximum Gasteiger partial charge on any atom is 0.323 e. The predicted molar refractivity (Wildman–Crippen MR) is 69.3 cm³/mol. The van der Waals surface area contributed by atoms with E-state index in [1.807, 2.05) is 0 Å². The Morgan fingerprint density at radius 2 is 1.74 bits per heavy atom. The molecule has 0 radical (unpaired) electrons. The summed E-state index contributed by atoms with van der Waals surface area (Å²) in [5.74, 6) is -1.18. The van der Waals surface area contributed by atoms with Crippen LogP contribution >= 0.6 is 0 Å². The van der Waals surface area contributed by atoms with Crippen LogP contribution in [0.25, 0.3) is 0 Å². The molecule has 0 amide bonds. The lowest BCUT2D eigenvalue weighted by atomic mass is 9.80. The molecule has 0 aromatic heterocycles. The summed E-state index contributed by atoms with van der Waals surface area (Å²) in [5.41, 5.74) is -1.34. The Morgan fingerprint density at radius 3 is 2.05 bits per heavy atom. The zero-order valence-corrected chi connectivity index (χ0v) is 11.8. The lowest BCUT2D eigenvalue weighted by Crippen LogP contribution is -2.41. The zero-order valence-electron chi connectivity index (χ0n) is 11.8. The lowest BCUT2D eigenvalue weighted by molar-refractivity contribution is -0.172. The third-order valence-electron chi connectivity index (χ3n) is 3.74. The van der Waals surface area contributed by atoms with E-state index in [2.05, 4.69) is 6.58 Å². The van der Waals surface area contributed by atoms with Crippen molar-refractivity contribution in [1.82, 2.24) is 0 Å². The molecule has 0 aromatic carbocycles. The van der Waals surface area contributed by atoms with Crippen molar-refractivity contribution < 1.29 is 24.2 Å². The van der Waals surface area contributed by atoms with E-state index in [-0.39, 0.29) is 32.7 Å². The molecule has 0 spiro atoms. The van der Waals surface area contributed by atoms with Crippen molar-refractivity contribution in [2.75, 3.05) is 19.8 Å². The van der Waals surface area contributed by atoms with E-state index in [0.717, 1.165) is 0 Å². The van der Waals surface area contributed by atoms with Gasteiger partial charge >= 0.3 is 11.9 Å². The van der Waals surface area contributed by atoms with Gasteiger partial charge in [0, 0.05) is 5.41 Å². The summed E-state index contributed by atoms with van der Waals surface area (Å²) in [7, 11) is 0. The third-order valence-corrected chi connectivity index (χ3v) is 3.74. The van der Waals surface area contributed by atoms with Crippen molar-refractivity contribution in [3.63, 3.8) is 0 Å². The van der Waals surface area contributed by atoms with Crippen molar-refractivity contribution in [1.29, 1.82) is 0 Å². The van der Waals surface area contributed by atoms with Crippen LogP contribution in [-0.4, -0.2) is 36.9 Å². The van der Waals surface area contributed by atoms with Crippen molar-refractivity contribution >= 4 is 11.9 Å². The molecule has 1 saturated carbocycles. The summed E-state index contributed by atoms with van der Waals surface area (Å²) < 4.78 is 10.0. The number of hydrogen-bond donors (Lipinski definition) is 1. The quantitative estimate of drug-likeness (QED) is 0.465. The molecule has 0 heterocycles. The summed E-state index contributed by atoms with van der Waals surface area (Å²) in [6.45, 7) is 9.28. The van der Waals surface area contributed by atoms with Gasteiger partial charge in [-0.15, -0.1) is 0 Å². The topological polar surface area (TPSA) is 72.8 Å². The summed E-state index contributed by atoms with van der Waals surface area (Å²) in [4.78, 5) is 24.4. The monoisotopic (exact) mass is 270 g/mol. The van der Waals surface area contributed by atoms with E-state index < -0.39 is 22.8 Å². The van der Waals surface area contributed by atoms with Gasteiger partial charge in [-0.3, -0.25) is 9.59 Å². The van der Waals surface area contributed by atoms with Crippen LogP contribution < -0.4 is 0 Å². The maximum absolute atomic E-state index is 12.2. The third kappa shape index (κ3) is 2.66. The second kappa shape index (κ2) is 5.74. The minimum atomic E-state index is -1.36. The Kier molecular flexibility index (Phi) is 4.74. The average Bonchev–Trinajstić information content (AvgIpc) is 2.65. The minimum Gasteiger partial charge on any atom is -0.465 e. The maximum atomic E-state index is 12.2. The minimum absolute atomic E-state index is 0.160. The Morgan fingerprint density at radius 1 is 1.26 bits per heavy atom. The number of ether oxygens (including phenoxy) is 2. The molecule has 0 aromatic rings. The van der Waals surface area contributed by atoms with Crippen LogP contribution in [0.1, 0.15) is 33.6 Å². The summed E-state index contributed by atoms with van der Waals surface area (Å²) in [6, 6.07) is 0. The highest BCUT2D eigenvalue weighted by Crippen LogP contribution is 2.53. The molecule has 1 N–H and O–H groups in total. The SMILES string of the molecule is C=C1CC(C(=O)OCC)(C(=O)OCC)CC1(C)CO. The molecular weight excluding hydrogens is 248 g/mol. The highest BCUT2D eigenvalue weighted by atomic mass is 16.6. The van der Waals surface area contributed by atoms with Gasteiger partial charge in [0.1, 0.15) is 0 Å². The molecule has 0 aliphatic heterocycles. The van der Waals surface area contributed by atoms with E-state index in [9.17, 15) is 14.7 Å². The number of aliphatic hydroxyl groups is 1. The number of rotatable bonds is 5. The van der Waals surface area contributed by atoms with Crippen molar-refractivity contribution in [2.24, 2.45) is 10.8 Å². The first-order valence-corrected chi connectivity index (χ1v) is 6.50. The number of carbonyl (C=O) groups excluding carboxylic acids is 2. The van der Waals surface area contributed by atoms with Gasteiger partial charge in [-0.1, -0.05) is 19.1 Å². The highest BCUT2D eigenvalue weighted by Gasteiger charge is 2.59. The smallest absolute Gasteiger partial charge is 0.323 e. The van der Waals surface area contributed by atoms with E-state index in [4.69, 9.17) is 9.47 Å². The molecule has 5 heteroatoms. The van der Waals surface area contributed by atoms with Gasteiger partial charge in [0.2, 0.25) is 0 Å². The van der Waals surface area contributed by atoms with E-state index in [1.165, 1.54) is 0 Å². The van der Waals surface area contributed by atoms with Crippen molar-refractivity contribution in [2.45, 2.75) is 33.6 Å². The van der Waals surface area contributed by atoms with Gasteiger partial charge in [0.25, 0.3) is 0 Å². The molecule has 0 bridgehead atoms. The van der Waals surface area contributed by atoms with Crippen LogP contribution in [-0.2, 0) is 19.1 Å². The number of esters is 2. The van der Waals surface area contributed by atoms with Crippen molar-refractivity contribution in [3.05, 3.63) is 12.2 Å². The number of hydrogen-bond acceptors (Lipinski definition) is 5. The molecule has 0 saturated heterocycles. The Hall–Kier alpha value is -1.36. The molecule has 1 rings (SSSR count). The van der Waals surface area contributed by atoms with Gasteiger partial charge in [0.05, 0.1) is 19.8 Å². The van der Waals surface area contributed by atoms with E-state index in [1.54, 1.807) is 20.8 Å². The van der Waals surface area contributed by atoms with Crippen LogP contribution in [0, 0.1) is 10.8 Å². The fraction of sp³-hybridized carbons (Fsp3) is 0.714. The first kappa shape index (κ1) is 15.7. The Balaban J connectivity index is 3.13. The highest BCUT2D eigenvalue weighted by molar-refractivity contribution is 6.01. The Bertz CT molecular complexity index is 369. The van der Waals surface area contributed by atoms with Crippen LogP contribution in [0.3, 0.4) is 0 Å². The van der Waals surface area contributed by atoms with E-state index in [0.29, 0.717) is 5.57 Å². The molecule has 1 atom stereocenters. The lowest BCUT2D eigenvalue weighted by Gasteiger charge is -2.27. The molecule has 1 aliphatic rings. The second-order valence-corrected chi connectivity index (χ2v) is 5.20. The van der Waals surface area contributed by atoms with E-state index >= 15 is 0 Å². The first-order valence-electron chi connectivity index (χ1n) is 6.50. The fourth-order valence-electron chi connectivity index (χ4n) is 2.51. The summed E-state index contributed by atoms with van der Waals surface area (Å²) in [6.07, 6.45) is 0.342. The first-order chi connectivity index (χ1) is 8.86. The average molecular weight is 270 g/mol. The fourth-order valence-corrected chi connectivity index (χ4v) is 2.51. The van der Waals surface area contributed by atoms with Gasteiger partial charge in [0.15, 0.2) is 5.41 Å². The molecule has 19 heavy (non-hydrogen) atoms. The van der Waals surface area contributed by atoms with Crippen LogP contribution in [0.2, 0.25) is 0 Å². The van der Waals surface area contributed by atoms with Crippen LogP contribution in [0.5, 0.6) is 0 Å². The van der Waals surface area contributed by atoms with Gasteiger partial charge < -0.3 is 14.6 Å². The van der Waals surface area contributed by atoms with Gasteiger partial charge in [-0.05, 0) is 26.7 Å². The largest absolute Gasteiger partial charge is 0.465 e. The van der Waals surface area contributed by atoms with Crippen LogP contribution in [0.15, 0.2) is 12.2 Å². The molecule has 5 nitrogen and oxygen atoms in total. The van der Waals surface area contributed by atoms with Crippen LogP contribution in [0.4, 0.5) is 0 Å².